The number of carbonyl (C=O) groups excluding carboxylic acids is 1. The Balaban J connectivity index is 1.92. The highest BCUT2D eigenvalue weighted by atomic mass is 32.1. The van der Waals surface area contributed by atoms with Crippen molar-refractivity contribution < 1.29 is 14.7 Å². The first-order valence-electron chi connectivity index (χ1n) is 5.66. The van der Waals surface area contributed by atoms with E-state index in [0.29, 0.717) is 11.0 Å². The van der Waals surface area contributed by atoms with Gasteiger partial charge in [-0.05, 0) is 26.7 Å². The largest absolute Gasteiger partial charge is 0.480 e. The van der Waals surface area contributed by atoms with Crippen LogP contribution in [0.1, 0.15) is 38.3 Å². The van der Waals surface area contributed by atoms with Crippen molar-refractivity contribution in [3.05, 3.63) is 11.1 Å². The Hall–Kier alpha value is -1.63. The van der Waals surface area contributed by atoms with E-state index in [9.17, 15) is 9.59 Å². The summed E-state index contributed by atoms with van der Waals surface area (Å²) in [6.45, 7) is 2.85. The fourth-order valence-electron chi connectivity index (χ4n) is 1.38. The molecule has 1 aromatic heterocycles. The SMILES string of the molecule is CC(C)(NC(=O)Nc1nc(C2CC2)cs1)C(=O)O. The zero-order chi connectivity index (χ0) is 13.3. The Morgan fingerprint density at radius 3 is 2.72 bits per heavy atom. The number of urea groups is 1. The fraction of sp³-hybridized carbons (Fsp3) is 0.545. The van der Waals surface area contributed by atoms with E-state index < -0.39 is 17.5 Å². The van der Waals surface area contributed by atoms with Gasteiger partial charge in [-0.1, -0.05) is 0 Å². The Labute approximate surface area is 108 Å². The minimum Gasteiger partial charge on any atom is -0.480 e. The summed E-state index contributed by atoms with van der Waals surface area (Å²) < 4.78 is 0. The zero-order valence-corrected chi connectivity index (χ0v) is 11.0. The van der Waals surface area contributed by atoms with Gasteiger partial charge in [0.15, 0.2) is 5.13 Å². The second kappa shape index (κ2) is 4.56. The molecule has 0 unspecified atom stereocenters. The predicted molar refractivity (Wildman–Crippen MR) is 68.0 cm³/mol. The Morgan fingerprint density at radius 2 is 2.17 bits per heavy atom. The van der Waals surface area contributed by atoms with E-state index in [1.165, 1.54) is 25.2 Å². The third-order valence-electron chi connectivity index (χ3n) is 2.70. The van der Waals surface area contributed by atoms with Crippen LogP contribution in [0.3, 0.4) is 0 Å². The number of nitrogens with zero attached hydrogens (tertiary/aromatic N) is 1. The van der Waals surface area contributed by atoms with Gasteiger partial charge >= 0.3 is 12.0 Å². The van der Waals surface area contributed by atoms with Crippen molar-refractivity contribution in [3.63, 3.8) is 0 Å². The van der Waals surface area contributed by atoms with Crippen molar-refractivity contribution in [2.24, 2.45) is 0 Å². The van der Waals surface area contributed by atoms with Crippen molar-refractivity contribution in [1.82, 2.24) is 10.3 Å². The van der Waals surface area contributed by atoms with Gasteiger partial charge in [-0.2, -0.15) is 0 Å². The van der Waals surface area contributed by atoms with Crippen molar-refractivity contribution in [3.8, 4) is 0 Å². The molecule has 1 aliphatic carbocycles. The maximum Gasteiger partial charge on any atom is 0.328 e. The van der Waals surface area contributed by atoms with E-state index in [4.69, 9.17) is 5.11 Å². The van der Waals surface area contributed by atoms with Gasteiger partial charge in [-0.25, -0.2) is 14.6 Å². The normalized spacial score (nSPS) is 15.2. The quantitative estimate of drug-likeness (QED) is 0.779. The van der Waals surface area contributed by atoms with Crippen molar-refractivity contribution >= 4 is 28.5 Å². The molecular weight excluding hydrogens is 254 g/mol. The number of hydrogen-bond acceptors (Lipinski definition) is 4. The van der Waals surface area contributed by atoms with Crippen LogP contribution in [0, 0.1) is 0 Å². The molecule has 0 saturated heterocycles. The van der Waals surface area contributed by atoms with Gasteiger partial charge < -0.3 is 10.4 Å². The van der Waals surface area contributed by atoms with Gasteiger partial charge in [0.2, 0.25) is 0 Å². The molecule has 0 spiro atoms. The monoisotopic (exact) mass is 269 g/mol. The van der Waals surface area contributed by atoms with Crippen LogP contribution in [-0.2, 0) is 4.79 Å². The molecule has 0 atom stereocenters. The molecule has 1 aliphatic rings. The predicted octanol–water partition coefficient (Wildman–Crippen LogP) is 2.01. The van der Waals surface area contributed by atoms with Crippen LogP contribution in [0.4, 0.5) is 9.93 Å². The number of amides is 2. The van der Waals surface area contributed by atoms with Crippen LogP contribution in [0.2, 0.25) is 0 Å². The Morgan fingerprint density at radius 1 is 1.50 bits per heavy atom. The summed E-state index contributed by atoms with van der Waals surface area (Å²) >= 11 is 1.35. The Kier molecular flexibility index (Phi) is 3.25. The first-order chi connectivity index (χ1) is 8.38. The lowest BCUT2D eigenvalue weighted by atomic mass is 10.1. The summed E-state index contributed by atoms with van der Waals surface area (Å²) in [4.78, 5) is 26.7. The van der Waals surface area contributed by atoms with Crippen LogP contribution in [-0.4, -0.2) is 27.6 Å². The lowest BCUT2D eigenvalue weighted by molar-refractivity contribution is -0.142. The smallest absolute Gasteiger partial charge is 0.328 e. The molecule has 1 fully saturated rings. The van der Waals surface area contributed by atoms with E-state index in [1.54, 1.807) is 0 Å². The summed E-state index contributed by atoms with van der Waals surface area (Å²) in [7, 11) is 0. The molecule has 0 bridgehead atoms. The van der Waals surface area contributed by atoms with Gasteiger partial charge in [-0.3, -0.25) is 5.32 Å². The molecular formula is C11H15N3O3S. The minimum atomic E-state index is -1.30. The summed E-state index contributed by atoms with van der Waals surface area (Å²) in [5.74, 6) is -0.550. The highest BCUT2D eigenvalue weighted by molar-refractivity contribution is 7.13. The molecule has 0 aromatic carbocycles. The number of carboxylic acids is 1. The lowest BCUT2D eigenvalue weighted by Crippen LogP contribution is -2.51. The summed E-state index contributed by atoms with van der Waals surface area (Å²) in [6, 6.07) is -0.556. The van der Waals surface area contributed by atoms with E-state index in [0.717, 1.165) is 18.5 Å². The number of hydrogen-bond donors (Lipinski definition) is 3. The molecule has 1 heterocycles. The van der Waals surface area contributed by atoms with Crippen molar-refractivity contribution in [2.45, 2.75) is 38.1 Å². The molecule has 1 aromatic rings. The molecule has 3 N–H and O–H groups in total. The molecule has 98 valence electrons. The maximum absolute atomic E-state index is 11.6. The maximum atomic E-state index is 11.6. The summed E-state index contributed by atoms with van der Waals surface area (Å²) in [5.41, 5.74) is -0.298. The number of carbonyl (C=O) groups is 2. The van der Waals surface area contributed by atoms with Crippen LogP contribution in [0.15, 0.2) is 5.38 Å². The number of carboxylic acid groups (broad SMARTS) is 1. The molecule has 18 heavy (non-hydrogen) atoms. The molecule has 1 saturated carbocycles. The third kappa shape index (κ3) is 2.98. The second-order valence-electron chi connectivity index (χ2n) is 4.86. The van der Waals surface area contributed by atoms with E-state index in [2.05, 4.69) is 15.6 Å². The van der Waals surface area contributed by atoms with Gasteiger partial charge in [-0.15, -0.1) is 11.3 Å². The molecule has 0 radical (unpaired) electrons. The number of aromatic nitrogens is 1. The zero-order valence-electron chi connectivity index (χ0n) is 10.2. The summed E-state index contributed by atoms with van der Waals surface area (Å²) in [6.07, 6.45) is 2.31. The van der Waals surface area contributed by atoms with Crippen LogP contribution >= 0.6 is 11.3 Å². The standard InChI is InChI=1S/C11H15N3O3S/c1-11(2,8(15)16)14-9(17)13-10-12-7(5-18-10)6-3-4-6/h5-6H,3-4H2,1-2H3,(H,15,16)(H2,12,13,14,17). The number of thiazole rings is 1. The van der Waals surface area contributed by atoms with Crippen LogP contribution in [0.5, 0.6) is 0 Å². The summed E-state index contributed by atoms with van der Waals surface area (Å²) in [5, 5.41) is 16.2. The number of aliphatic carboxylic acids is 1. The lowest BCUT2D eigenvalue weighted by Gasteiger charge is -2.20. The number of nitrogens with one attached hydrogen (secondary N) is 2. The Bertz CT molecular complexity index is 480. The minimum absolute atomic E-state index is 0.496. The van der Waals surface area contributed by atoms with E-state index >= 15 is 0 Å². The van der Waals surface area contributed by atoms with E-state index in [-0.39, 0.29) is 0 Å². The highest BCUT2D eigenvalue weighted by Gasteiger charge is 2.30. The molecule has 2 rings (SSSR count). The molecule has 2 amide bonds. The number of rotatable bonds is 4. The van der Waals surface area contributed by atoms with Crippen molar-refractivity contribution in [1.29, 1.82) is 0 Å². The van der Waals surface area contributed by atoms with Crippen molar-refractivity contribution in [2.75, 3.05) is 5.32 Å². The first-order valence-corrected chi connectivity index (χ1v) is 6.54. The van der Waals surface area contributed by atoms with Gasteiger partial charge in [0.05, 0.1) is 5.69 Å². The fourth-order valence-corrected chi connectivity index (χ4v) is 2.16. The van der Waals surface area contributed by atoms with Gasteiger partial charge in [0, 0.05) is 11.3 Å². The second-order valence-corrected chi connectivity index (χ2v) is 5.72. The van der Waals surface area contributed by atoms with Crippen LogP contribution < -0.4 is 10.6 Å². The number of anilines is 1. The van der Waals surface area contributed by atoms with Gasteiger partial charge in [0.25, 0.3) is 0 Å². The van der Waals surface area contributed by atoms with Gasteiger partial charge in [0.1, 0.15) is 5.54 Å². The molecule has 7 heteroatoms. The average Bonchev–Trinajstić information content (AvgIpc) is 2.99. The first kappa shape index (κ1) is 12.8. The molecule has 6 nitrogen and oxygen atoms in total. The molecule has 0 aliphatic heterocycles. The topological polar surface area (TPSA) is 91.3 Å². The third-order valence-corrected chi connectivity index (χ3v) is 3.47. The average molecular weight is 269 g/mol. The van der Waals surface area contributed by atoms with E-state index in [1.807, 2.05) is 5.38 Å². The van der Waals surface area contributed by atoms with Crippen LogP contribution in [0.25, 0.3) is 0 Å². The highest BCUT2D eigenvalue weighted by Crippen LogP contribution is 2.40.